The Hall–Kier alpha value is -3.18. The third kappa shape index (κ3) is 4.46. The van der Waals surface area contributed by atoms with E-state index in [2.05, 4.69) is 41.5 Å². The molecule has 6 heteroatoms. The van der Waals surface area contributed by atoms with E-state index in [4.69, 9.17) is 11.6 Å². The molecule has 0 saturated heterocycles. The second-order valence-electron chi connectivity index (χ2n) is 7.29. The third-order valence-corrected chi connectivity index (χ3v) is 4.98. The number of anilines is 1. The minimum atomic E-state index is -0.0941. The van der Waals surface area contributed by atoms with E-state index in [-0.39, 0.29) is 12.3 Å². The lowest BCUT2D eigenvalue weighted by Gasteiger charge is -2.05. The molecule has 0 fully saturated rings. The first-order valence-electron chi connectivity index (χ1n) is 9.50. The SMILES string of the molecule is CC(C)c1ccc(-n2nc3ccc(NC(=O)Cc4ccc(Cl)cc4)cc3n2)cc1. The fraction of sp³-hybridized carbons (Fsp3) is 0.174. The van der Waals surface area contributed by atoms with Crippen LogP contribution in [0.25, 0.3) is 16.7 Å². The summed E-state index contributed by atoms with van der Waals surface area (Å²) in [5.41, 5.74) is 5.27. The molecule has 1 N–H and O–H groups in total. The van der Waals surface area contributed by atoms with E-state index in [1.165, 1.54) is 5.56 Å². The van der Waals surface area contributed by atoms with Crippen molar-refractivity contribution in [2.24, 2.45) is 0 Å². The summed E-state index contributed by atoms with van der Waals surface area (Å²) < 4.78 is 0. The molecule has 0 spiro atoms. The fourth-order valence-corrected chi connectivity index (χ4v) is 3.22. The van der Waals surface area contributed by atoms with Gasteiger partial charge in [0.15, 0.2) is 0 Å². The molecular formula is C23H21ClN4O. The van der Waals surface area contributed by atoms with Crippen molar-refractivity contribution < 1.29 is 4.79 Å². The Kier molecular flexibility index (Phi) is 5.32. The highest BCUT2D eigenvalue weighted by Gasteiger charge is 2.09. The van der Waals surface area contributed by atoms with Crippen LogP contribution in [-0.2, 0) is 11.2 Å². The molecule has 0 saturated carbocycles. The molecular weight excluding hydrogens is 384 g/mol. The predicted molar refractivity (Wildman–Crippen MR) is 117 cm³/mol. The number of carbonyl (C=O) groups excluding carboxylic acids is 1. The molecule has 3 aromatic carbocycles. The number of amides is 1. The van der Waals surface area contributed by atoms with Gasteiger partial charge >= 0.3 is 0 Å². The van der Waals surface area contributed by atoms with Crippen molar-refractivity contribution in [2.75, 3.05) is 5.32 Å². The summed E-state index contributed by atoms with van der Waals surface area (Å²) in [6.45, 7) is 4.33. The van der Waals surface area contributed by atoms with Crippen LogP contribution in [0.1, 0.15) is 30.9 Å². The van der Waals surface area contributed by atoms with E-state index >= 15 is 0 Å². The Morgan fingerprint density at radius 3 is 2.34 bits per heavy atom. The van der Waals surface area contributed by atoms with Crippen LogP contribution in [0.5, 0.6) is 0 Å². The standard InChI is InChI=1S/C23H21ClN4O/c1-15(2)17-5-10-20(11-6-17)28-26-21-12-9-19(14-22(21)27-28)25-23(29)13-16-3-7-18(24)8-4-16/h3-12,14-15H,13H2,1-2H3,(H,25,29). The quantitative estimate of drug-likeness (QED) is 0.485. The zero-order valence-electron chi connectivity index (χ0n) is 16.3. The highest BCUT2D eigenvalue weighted by atomic mass is 35.5. The van der Waals surface area contributed by atoms with Crippen molar-refractivity contribution in [3.8, 4) is 5.69 Å². The number of nitrogens with zero attached hydrogens (tertiary/aromatic N) is 3. The smallest absolute Gasteiger partial charge is 0.228 e. The predicted octanol–water partition coefficient (Wildman–Crippen LogP) is 5.38. The van der Waals surface area contributed by atoms with Gasteiger partial charge in [0.25, 0.3) is 0 Å². The molecule has 0 aliphatic rings. The van der Waals surface area contributed by atoms with Gasteiger partial charge in [0, 0.05) is 10.7 Å². The zero-order chi connectivity index (χ0) is 20.4. The molecule has 1 aromatic heterocycles. The molecule has 4 aromatic rings. The number of benzene rings is 3. The van der Waals surface area contributed by atoms with Crippen molar-refractivity contribution in [3.63, 3.8) is 0 Å². The summed E-state index contributed by atoms with van der Waals surface area (Å²) in [6.07, 6.45) is 0.282. The molecule has 0 atom stereocenters. The molecule has 0 radical (unpaired) electrons. The number of fused-ring (bicyclic) bond motifs is 1. The third-order valence-electron chi connectivity index (χ3n) is 4.73. The van der Waals surface area contributed by atoms with Crippen molar-refractivity contribution in [3.05, 3.63) is 82.9 Å². The Bertz CT molecular complexity index is 1150. The number of nitrogens with one attached hydrogen (secondary N) is 1. The minimum Gasteiger partial charge on any atom is -0.326 e. The molecule has 0 aliphatic heterocycles. The highest BCUT2D eigenvalue weighted by molar-refractivity contribution is 6.30. The summed E-state index contributed by atoms with van der Waals surface area (Å²) in [6, 6.07) is 21.0. The van der Waals surface area contributed by atoms with Gasteiger partial charge in [0.1, 0.15) is 11.0 Å². The Balaban J connectivity index is 1.50. The monoisotopic (exact) mass is 404 g/mol. The summed E-state index contributed by atoms with van der Waals surface area (Å²) in [4.78, 5) is 14.0. The maximum absolute atomic E-state index is 12.3. The fourth-order valence-electron chi connectivity index (χ4n) is 3.09. The molecule has 0 bridgehead atoms. The van der Waals surface area contributed by atoms with Gasteiger partial charge in [0.2, 0.25) is 5.91 Å². The minimum absolute atomic E-state index is 0.0941. The lowest BCUT2D eigenvalue weighted by molar-refractivity contribution is -0.115. The molecule has 1 heterocycles. The average molecular weight is 405 g/mol. The van der Waals surface area contributed by atoms with Crippen LogP contribution in [0.15, 0.2) is 66.7 Å². The first-order valence-corrected chi connectivity index (χ1v) is 9.87. The number of hydrogen-bond acceptors (Lipinski definition) is 3. The maximum Gasteiger partial charge on any atom is 0.228 e. The second-order valence-corrected chi connectivity index (χ2v) is 7.73. The van der Waals surface area contributed by atoms with Crippen LogP contribution in [0.2, 0.25) is 5.02 Å². The molecule has 4 rings (SSSR count). The highest BCUT2D eigenvalue weighted by Crippen LogP contribution is 2.20. The molecule has 1 amide bonds. The van der Waals surface area contributed by atoms with Crippen molar-refractivity contribution in [2.45, 2.75) is 26.2 Å². The van der Waals surface area contributed by atoms with Gasteiger partial charge in [-0.3, -0.25) is 4.79 Å². The number of carbonyl (C=O) groups is 1. The van der Waals surface area contributed by atoms with E-state index in [0.717, 1.165) is 22.3 Å². The van der Waals surface area contributed by atoms with E-state index in [0.29, 0.717) is 16.6 Å². The van der Waals surface area contributed by atoms with Crippen LogP contribution in [-0.4, -0.2) is 20.9 Å². The van der Waals surface area contributed by atoms with E-state index in [1.807, 2.05) is 42.5 Å². The van der Waals surface area contributed by atoms with E-state index < -0.39 is 0 Å². The van der Waals surface area contributed by atoms with Crippen LogP contribution in [0, 0.1) is 0 Å². The molecule has 0 aliphatic carbocycles. The molecule has 5 nitrogen and oxygen atoms in total. The number of aromatic nitrogens is 3. The van der Waals surface area contributed by atoms with E-state index in [1.54, 1.807) is 16.9 Å². The van der Waals surface area contributed by atoms with Crippen molar-refractivity contribution in [1.82, 2.24) is 15.0 Å². The van der Waals surface area contributed by atoms with Crippen molar-refractivity contribution >= 4 is 34.2 Å². The normalized spacial score (nSPS) is 11.2. The summed E-state index contributed by atoms with van der Waals surface area (Å²) in [5.74, 6) is 0.385. The van der Waals surface area contributed by atoms with Gasteiger partial charge in [0.05, 0.1) is 12.1 Å². The molecule has 29 heavy (non-hydrogen) atoms. The summed E-state index contributed by atoms with van der Waals surface area (Å²) >= 11 is 5.89. The van der Waals surface area contributed by atoms with Gasteiger partial charge in [-0.2, -0.15) is 4.80 Å². The molecule has 0 unspecified atom stereocenters. The van der Waals surface area contributed by atoms with E-state index in [9.17, 15) is 4.79 Å². The average Bonchev–Trinajstić information content (AvgIpc) is 3.13. The van der Waals surface area contributed by atoms with Crippen LogP contribution in [0.4, 0.5) is 5.69 Å². The summed E-state index contributed by atoms with van der Waals surface area (Å²) in [7, 11) is 0. The van der Waals surface area contributed by atoms with Gasteiger partial charge in [-0.05, 0) is 59.5 Å². The topological polar surface area (TPSA) is 59.8 Å². The van der Waals surface area contributed by atoms with Gasteiger partial charge in [-0.15, -0.1) is 10.2 Å². The van der Waals surface area contributed by atoms with Crippen LogP contribution < -0.4 is 5.32 Å². The van der Waals surface area contributed by atoms with Crippen molar-refractivity contribution in [1.29, 1.82) is 0 Å². The summed E-state index contributed by atoms with van der Waals surface area (Å²) in [5, 5.41) is 12.7. The maximum atomic E-state index is 12.3. The zero-order valence-corrected chi connectivity index (χ0v) is 17.0. The van der Waals surface area contributed by atoms with Crippen LogP contribution >= 0.6 is 11.6 Å². The van der Waals surface area contributed by atoms with Gasteiger partial charge < -0.3 is 5.32 Å². The largest absolute Gasteiger partial charge is 0.326 e. The number of rotatable bonds is 5. The molecule has 146 valence electrons. The number of hydrogen-bond donors (Lipinski definition) is 1. The van der Waals surface area contributed by atoms with Gasteiger partial charge in [-0.1, -0.05) is 49.7 Å². The Morgan fingerprint density at radius 1 is 0.966 bits per heavy atom. The second kappa shape index (κ2) is 8.05. The lowest BCUT2D eigenvalue weighted by Crippen LogP contribution is -2.14. The first-order chi connectivity index (χ1) is 14.0. The number of halogens is 1. The lowest BCUT2D eigenvalue weighted by atomic mass is 10.0. The Labute approximate surface area is 174 Å². The first kappa shape index (κ1) is 19.2. The van der Waals surface area contributed by atoms with Crippen LogP contribution in [0.3, 0.4) is 0 Å². The Morgan fingerprint density at radius 2 is 1.66 bits per heavy atom. The van der Waals surface area contributed by atoms with Gasteiger partial charge in [-0.25, -0.2) is 0 Å².